The number of amides is 1. The fraction of sp³-hybridized carbons (Fsp3) is 0.429. The molecule has 1 fully saturated rings. The number of alkyl halides is 1. The van der Waals surface area contributed by atoms with E-state index in [4.69, 9.17) is 21.2 Å². The number of benzene rings is 1. The van der Waals surface area contributed by atoms with Crippen molar-refractivity contribution in [2.45, 2.75) is 44.6 Å². The van der Waals surface area contributed by atoms with Gasteiger partial charge in [0.15, 0.2) is 0 Å². The van der Waals surface area contributed by atoms with Gasteiger partial charge in [-0.2, -0.15) is 0 Å². The SMILES string of the molecule is [2H]C([2H])([2H])c1ccc(CCCC2(F)CC([2H])([2H])N(C(=O)c3ccc(F)c(Cl)c3)C([2H])([2H])C2)nc1. The van der Waals surface area contributed by atoms with Crippen LogP contribution >= 0.6 is 11.6 Å². The molecule has 2 heterocycles. The maximum Gasteiger partial charge on any atom is 0.253 e. The minimum Gasteiger partial charge on any atom is -0.338 e. The van der Waals surface area contributed by atoms with Gasteiger partial charge in [0.05, 0.1) is 5.02 Å². The molecule has 0 N–H and O–H groups in total. The van der Waals surface area contributed by atoms with Gasteiger partial charge in [-0.3, -0.25) is 9.78 Å². The van der Waals surface area contributed by atoms with Crippen LogP contribution in [0.2, 0.25) is 5.02 Å². The molecule has 0 atom stereocenters. The molecule has 144 valence electrons. The summed E-state index contributed by atoms with van der Waals surface area (Å²) in [4.78, 5) is 17.3. The summed E-state index contributed by atoms with van der Waals surface area (Å²) in [5.41, 5.74) is -1.83. The summed E-state index contributed by atoms with van der Waals surface area (Å²) in [6.07, 6.45) is 0.0624. The van der Waals surface area contributed by atoms with Crippen molar-refractivity contribution in [3.05, 3.63) is 64.2 Å². The minimum atomic E-state index is -2.66. The highest BCUT2D eigenvalue weighted by atomic mass is 35.5. The molecule has 3 nitrogen and oxygen atoms in total. The fourth-order valence-electron chi connectivity index (χ4n) is 2.80. The summed E-state index contributed by atoms with van der Waals surface area (Å²) in [6, 6.07) is 5.91. The molecule has 0 bridgehead atoms. The lowest BCUT2D eigenvalue weighted by Gasteiger charge is -2.36. The Morgan fingerprint density at radius 3 is 2.78 bits per heavy atom. The molecule has 1 saturated heterocycles. The van der Waals surface area contributed by atoms with E-state index in [-0.39, 0.29) is 35.4 Å². The maximum absolute atomic E-state index is 15.7. The number of pyridine rings is 1. The van der Waals surface area contributed by atoms with E-state index in [1.54, 1.807) is 0 Å². The molecule has 0 unspecified atom stereocenters. The van der Waals surface area contributed by atoms with Gasteiger partial charge in [-0.1, -0.05) is 17.7 Å². The highest BCUT2D eigenvalue weighted by Gasteiger charge is 2.35. The van der Waals surface area contributed by atoms with Crippen molar-refractivity contribution in [2.75, 3.05) is 13.0 Å². The summed E-state index contributed by atoms with van der Waals surface area (Å²) in [7, 11) is 0. The molecule has 3 rings (SSSR count). The first-order chi connectivity index (χ1) is 15.5. The molecule has 0 aliphatic carbocycles. The summed E-state index contributed by atoms with van der Waals surface area (Å²) in [5, 5.41) is -0.371. The van der Waals surface area contributed by atoms with Gasteiger partial charge in [-0.15, -0.1) is 0 Å². The van der Waals surface area contributed by atoms with Crippen molar-refractivity contribution in [2.24, 2.45) is 0 Å². The Morgan fingerprint density at radius 2 is 2.15 bits per heavy atom. The number of aromatic nitrogens is 1. The minimum absolute atomic E-state index is 0.0825. The van der Waals surface area contributed by atoms with Crippen molar-refractivity contribution < 1.29 is 23.2 Å². The van der Waals surface area contributed by atoms with Gasteiger partial charge in [-0.25, -0.2) is 8.78 Å². The summed E-state index contributed by atoms with van der Waals surface area (Å²) >= 11 is 5.70. The smallest absolute Gasteiger partial charge is 0.253 e. The largest absolute Gasteiger partial charge is 0.338 e. The second-order valence-electron chi connectivity index (χ2n) is 6.48. The monoisotopic (exact) mass is 399 g/mol. The predicted octanol–water partition coefficient (Wildman–Crippen LogP) is 5.15. The molecule has 27 heavy (non-hydrogen) atoms. The Kier molecular flexibility index (Phi) is 3.85. The zero-order chi connectivity index (χ0) is 25.5. The molecule has 1 aliphatic heterocycles. The van der Waals surface area contributed by atoms with E-state index in [1.165, 1.54) is 18.3 Å². The Hall–Kier alpha value is -2.01. The molecule has 0 saturated carbocycles. The molecule has 2 aromatic rings. The van der Waals surface area contributed by atoms with Gasteiger partial charge in [0.1, 0.15) is 11.5 Å². The number of nitrogens with zero attached hydrogens (tertiary/aromatic N) is 2. The Bertz CT molecular complexity index is 1050. The normalized spacial score (nSPS) is 24.4. The number of likely N-dealkylation sites (tertiary alicyclic amines) is 1. The van der Waals surface area contributed by atoms with Crippen LogP contribution in [0.1, 0.15) is 56.9 Å². The standard InChI is InChI=1S/C21H23ClF2N2O/c1-15-4-6-17(25-14-15)3-2-8-21(24)9-11-26(12-10-21)20(27)16-5-7-19(23)18(22)13-16/h4-7,13-14H,2-3,8-12H2,1H3/i1D3,11D2,12D2. The van der Waals surface area contributed by atoms with E-state index in [0.717, 1.165) is 18.2 Å². The maximum atomic E-state index is 15.7. The number of aryl methyl sites for hydroxylation is 2. The Labute approximate surface area is 173 Å². The number of hydrogen-bond acceptors (Lipinski definition) is 2. The molecular formula is C21H23ClF2N2O. The zero-order valence-corrected chi connectivity index (χ0v) is 15.2. The fourth-order valence-corrected chi connectivity index (χ4v) is 2.98. The van der Waals surface area contributed by atoms with E-state index >= 15 is 4.39 Å². The van der Waals surface area contributed by atoms with E-state index < -0.39 is 50.1 Å². The summed E-state index contributed by atoms with van der Waals surface area (Å²) < 4.78 is 84.3. The molecule has 6 heteroatoms. The molecular weight excluding hydrogens is 370 g/mol. The Balaban J connectivity index is 1.71. The third-order valence-corrected chi connectivity index (χ3v) is 4.65. The number of halogens is 3. The van der Waals surface area contributed by atoms with E-state index in [1.807, 2.05) is 0 Å². The van der Waals surface area contributed by atoms with Crippen LogP contribution in [-0.4, -0.2) is 34.5 Å². The first kappa shape index (κ1) is 12.4. The van der Waals surface area contributed by atoms with Crippen LogP contribution in [0.3, 0.4) is 0 Å². The van der Waals surface area contributed by atoms with Gasteiger partial charge in [0.25, 0.3) is 5.91 Å². The van der Waals surface area contributed by atoms with Crippen LogP contribution < -0.4 is 0 Å². The zero-order valence-electron chi connectivity index (χ0n) is 21.4. The second kappa shape index (κ2) is 8.34. The van der Waals surface area contributed by atoms with Crippen molar-refractivity contribution >= 4 is 17.5 Å². The molecule has 1 amide bonds. The number of hydrogen-bond donors (Lipinski definition) is 0. The summed E-state index contributed by atoms with van der Waals surface area (Å²) in [5.74, 6) is -1.84. The van der Waals surface area contributed by atoms with Gasteiger partial charge >= 0.3 is 0 Å². The number of carbonyl (C=O) groups excluding carboxylic acids is 1. The highest BCUT2D eigenvalue weighted by molar-refractivity contribution is 6.31. The van der Waals surface area contributed by atoms with Crippen molar-refractivity contribution in [1.82, 2.24) is 9.88 Å². The third kappa shape index (κ3) is 5.04. The number of rotatable bonds is 5. The van der Waals surface area contributed by atoms with Gasteiger partial charge in [-0.05, 0) is 68.8 Å². The molecule has 1 aromatic carbocycles. The first-order valence-electron chi connectivity index (χ1n) is 12.0. The quantitative estimate of drug-likeness (QED) is 0.696. The van der Waals surface area contributed by atoms with Crippen LogP contribution in [0.5, 0.6) is 0 Å². The predicted molar refractivity (Wildman–Crippen MR) is 102 cm³/mol. The van der Waals surface area contributed by atoms with E-state index in [2.05, 4.69) is 4.98 Å². The van der Waals surface area contributed by atoms with E-state index in [9.17, 15) is 9.18 Å². The molecule has 1 aliphatic rings. The first-order valence-corrected chi connectivity index (χ1v) is 8.86. The Morgan fingerprint density at radius 1 is 1.37 bits per heavy atom. The van der Waals surface area contributed by atoms with Gasteiger partial charge in [0.2, 0.25) is 0 Å². The van der Waals surface area contributed by atoms with Crippen LogP contribution in [0.25, 0.3) is 0 Å². The van der Waals surface area contributed by atoms with Gasteiger partial charge in [0, 0.05) is 40.0 Å². The average Bonchev–Trinajstić information content (AvgIpc) is 2.67. The second-order valence-corrected chi connectivity index (χ2v) is 6.89. The number of piperidine rings is 1. The van der Waals surface area contributed by atoms with Crippen LogP contribution in [-0.2, 0) is 6.42 Å². The highest BCUT2D eigenvalue weighted by Crippen LogP contribution is 2.32. The molecule has 1 aromatic heterocycles. The number of carbonyl (C=O) groups is 1. The lowest BCUT2D eigenvalue weighted by molar-refractivity contribution is 0.0389. The summed E-state index contributed by atoms with van der Waals surface area (Å²) in [6.45, 7) is -7.60. The van der Waals surface area contributed by atoms with Crippen molar-refractivity contribution in [3.8, 4) is 0 Å². The van der Waals surface area contributed by atoms with E-state index in [0.29, 0.717) is 10.6 Å². The molecule has 0 radical (unpaired) electrons. The van der Waals surface area contributed by atoms with Crippen molar-refractivity contribution in [1.29, 1.82) is 0 Å². The van der Waals surface area contributed by atoms with Crippen LogP contribution in [0, 0.1) is 12.7 Å². The third-order valence-electron chi connectivity index (χ3n) is 4.36. The topological polar surface area (TPSA) is 33.2 Å². The van der Waals surface area contributed by atoms with Crippen LogP contribution in [0.4, 0.5) is 8.78 Å². The lowest BCUT2D eigenvalue weighted by atomic mass is 9.87. The van der Waals surface area contributed by atoms with Gasteiger partial charge < -0.3 is 4.90 Å². The van der Waals surface area contributed by atoms with Crippen molar-refractivity contribution in [3.63, 3.8) is 0 Å². The molecule has 0 spiro atoms. The lowest BCUT2D eigenvalue weighted by Crippen LogP contribution is -2.44. The average molecular weight is 400 g/mol. The van der Waals surface area contributed by atoms with Crippen LogP contribution in [0.15, 0.2) is 36.5 Å².